The van der Waals surface area contributed by atoms with E-state index < -0.39 is 0 Å². The van der Waals surface area contributed by atoms with E-state index in [0.29, 0.717) is 11.5 Å². The van der Waals surface area contributed by atoms with Crippen LogP contribution in [-0.4, -0.2) is 26.3 Å². The van der Waals surface area contributed by atoms with Gasteiger partial charge in [0.2, 0.25) is 0 Å². The molecule has 1 heterocycles. The maximum atomic E-state index is 5.39. The number of nitrogens with zero attached hydrogens (tertiary/aromatic N) is 1. The standard InChI is InChI=1S/C19H20N2O3S/c1-12-18(13-8-9-16(23-3)17(10-13)24-4)21-19(25-12)20-14-6-5-7-15(11-14)22-2/h5-11H,1-4H3,(H,20,21). The summed E-state index contributed by atoms with van der Waals surface area (Å²) >= 11 is 1.61. The van der Waals surface area contributed by atoms with Crippen molar-refractivity contribution in [3.63, 3.8) is 0 Å². The normalized spacial score (nSPS) is 10.4. The minimum Gasteiger partial charge on any atom is -0.497 e. The summed E-state index contributed by atoms with van der Waals surface area (Å²) in [5, 5.41) is 4.16. The summed E-state index contributed by atoms with van der Waals surface area (Å²) in [6, 6.07) is 13.6. The number of hydrogen-bond acceptors (Lipinski definition) is 6. The molecule has 3 rings (SSSR count). The molecule has 1 N–H and O–H groups in total. The molecule has 0 radical (unpaired) electrons. The van der Waals surface area contributed by atoms with Crippen molar-refractivity contribution >= 4 is 22.2 Å². The molecular formula is C19H20N2O3S. The molecule has 6 heteroatoms. The Hall–Kier alpha value is -2.73. The first kappa shape index (κ1) is 17.1. The molecule has 0 aliphatic carbocycles. The second-order valence-electron chi connectivity index (χ2n) is 5.35. The van der Waals surface area contributed by atoms with Gasteiger partial charge in [-0.15, -0.1) is 11.3 Å². The van der Waals surface area contributed by atoms with E-state index >= 15 is 0 Å². The van der Waals surface area contributed by atoms with Crippen LogP contribution in [0.2, 0.25) is 0 Å². The summed E-state index contributed by atoms with van der Waals surface area (Å²) in [6.45, 7) is 2.06. The Balaban J connectivity index is 1.89. The van der Waals surface area contributed by atoms with Crippen molar-refractivity contribution < 1.29 is 14.2 Å². The zero-order valence-corrected chi connectivity index (χ0v) is 15.4. The van der Waals surface area contributed by atoms with E-state index in [-0.39, 0.29) is 0 Å². The van der Waals surface area contributed by atoms with Crippen molar-refractivity contribution in [1.82, 2.24) is 4.98 Å². The third-order valence-corrected chi connectivity index (χ3v) is 4.66. The molecule has 0 aliphatic heterocycles. The number of benzene rings is 2. The molecule has 5 nitrogen and oxygen atoms in total. The predicted octanol–water partition coefficient (Wildman–Crippen LogP) is 4.89. The van der Waals surface area contributed by atoms with Gasteiger partial charge in [0.25, 0.3) is 0 Å². The Labute approximate surface area is 151 Å². The summed E-state index contributed by atoms with van der Waals surface area (Å²) in [4.78, 5) is 5.85. The average molecular weight is 356 g/mol. The van der Waals surface area contributed by atoms with Gasteiger partial charge in [0.15, 0.2) is 16.6 Å². The molecule has 130 valence electrons. The maximum absolute atomic E-state index is 5.39. The molecule has 1 aromatic heterocycles. The van der Waals surface area contributed by atoms with Crippen LogP contribution in [0.25, 0.3) is 11.3 Å². The van der Waals surface area contributed by atoms with Crippen molar-refractivity contribution in [3.8, 4) is 28.5 Å². The van der Waals surface area contributed by atoms with Gasteiger partial charge in [-0.25, -0.2) is 4.98 Å². The molecule has 2 aromatic carbocycles. The van der Waals surface area contributed by atoms with Crippen LogP contribution >= 0.6 is 11.3 Å². The molecule has 0 saturated carbocycles. The van der Waals surface area contributed by atoms with Gasteiger partial charge < -0.3 is 19.5 Å². The summed E-state index contributed by atoms with van der Waals surface area (Å²) in [5.74, 6) is 2.20. The quantitative estimate of drug-likeness (QED) is 0.682. The van der Waals surface area contributed by atoms with Crippen LogP contribution in [0.5, 0.6) is 17.2 Å². The monoisotopic (exact) mass is 356 g/mol. The summed E-state index contributed by atoms with van der Waals surface area (Å²) in [6.07, 6.45) is 0. The number of anilines is 2. The van der Waals surface area contributed by atoms with Crippen LogP contribution in [0, 0.1) is 6.92 Å². The summed E-state index contributed by atoms with van der Waals surface area (Å²) < 4.78 is 15.9. The number of ether oxygens (including phenoxy) is 3. The Morgan fingerprint density at radius 3 is 2.44 bits per heavy atom. The third-order valence-electron chi connectivity index (χ3n) is 3.77. The van der Waals surface area contributed by atoms with Crippen LogP contribution in [0.3, 0.4) is 0 Å². The molecule has 0 fully saturated rings. The average Bonchev–Trinajstić information content (AvgIpc) is 3.01. The van der Waals surface area contributed by atoms with E-state index in [9.17, 15) is 0 Å². The van der Waals surface area contributed by atoms with Crippen LogP contribution in [0.15, 0.2) is 42.5 Å². The van der Waals surface area contributed by atoms with Crippen LogP contribution in [0.4, 0.5) is 10.8 Å². The lowest BCUT2D eigenvalue weighted by Gasteiger charge is -2.09. The van der Waals surface area contributed by atoms with Gasteiger partial charge >= 0.3 is 0 Å². The van der Waals surface area contributed by atoms with E-state index in [4.69, 9.17) is 19.2 Å². The van der Waals surface area contributed by atoms with Gasteiger partial charge in [-0.3, -0.25) is 0 Å². The highest BCUT2D eigenvalue weighted by Crippen LogP contribution is 2.36. The minimum absolute atomic E-state index is 0.690. The number of hydrogen-bond donors (Lipinski definition) is 1. The Bertz CT molecular complexity index is 877. The number of aromatic nitrogens is 1. The van der Waals surface area contributed by atoms with Gasteiger partial charge in [-0.05, 0) is 37.3 Å². The van der Waals surface area contributed by atoms with E-state index in [1.54, 1.807) is 32.7 Å². The number of rotatable bonds is 6. The smallest absolute Gasteiger partial charge is 0.187 e. The Kier molecular flexibility index (Phi) is 5.09. The van der Waals surface area contributed by atoms with Crippen molar-refractivity contribution in [2.75, 3.05) is 26.6 Å². The zero-order chi connectivity index (χ0) is 17.8. The molecule has 25 heavy (non-hydrogen) atoms. The SMILES string of the molecule is COc1cccc(Nc2nc(-c3ccc(OC)c(OC)c3)c(C)s2)c1. The third kappa shape index (κ3) is 3.69. The lowest BCUT2D eigenvalue weighted by atomic mass is 10.1. The first-order chi connectivity index (χ1) is 12.1. The predicted molar refractivity (Wildman–Crippen MR) is 102 cm³/mol. The molecule has 0 spiro atoms. The second kappa shape index (κ2) is 7.44. The van der Waals surface area contributed by atoms with E-state index in [1.807, 2.05) is 42.5 Å². The van der Waals surface area contributed by atoms with Crippen molar-refractivity contribution in [3.05, 3.63) is 47.3 Å². The fourth-order valence-corrected chi connectivity index (χ4v) is 3.38. The molecule has 0 saturated heterocycles. The molecular weight excluding hydrogens is 336 g/mol. The highest BCUT2D eigenvalue weighted by atomic mass is 32.1. The molecule has 0 unspecified atom stereocenters. The molecule has 0 bridgehead atoms. The number of aryl methyl sites for hydroxylation is 1. The van der Waals surface area contributed by atoms with Crippen molar-refractivity contribution in [1.29, 1.82) is 0 Å². The first-order valence-corrected chi connectivity index (χ1v) is 8.57. The highest BCUT2D eigenvalue weighted by Gasteiger charge is 2.13. The van der Waals surface area contributed by atoms with E-state index in [2.05, 4.69) is 12.2 Å². The maximum Gasteiger partial charge on any atom is 0.187 e. The topological polar surface area (TPSA) is 52.6 Å². The van der Waals surface area contributed by atoms with Gasteiger partial charge in [0.1, 0.15) is 5.75 Å². The zero-order valence-electron chi connectivity index (χ0n) is 14.6. The fourth-order valence-electron chi connectivity index (χ4n) is 2.53. The summed E-state index contributed by atoms with van der Waals surface area (Å²) in [5.41, 5.74) is 2.86. The van der Waals surface area contributed by atoms with Gasteiger partial charge in [-0.1, -0.05) is 6.07 Å². The lowest BCUT2D eigenvalue weighted by molar-refractivity contribution is 0.355. The number of thiazole rings is 1. The number of nitrogens with one attached hydrogen (secondary N) is 1. The fraction of sp³-hybridized carbons (Fsp3) is 0.211. The van der Waals surface area contributed by atoms with Gasteiger partial charge in [0.05, 0.1) is 27.0 Å². The van der Waals surface area contributed by atoms with Crippen molar-refractivity contribution in [2.45, 2.75) is 6.92 Å². The first-order valence-electron chi connectivity index (χ1n) is 7.75. The van der Waals surface area contributed by atoms with Crippen molar-refractivity contribution in [2.24, 2.45) is 0 Å². The molecule has 0 atom stereocenters. The molecule has 3 aromatic rings. The highest BCUT2D eigenvalue weighted by molar-refractivity contribution is 7.16. The number of methoxy groups -OCH3 is 3. The van der Waals surface area contributed by atoms with Crippen LogP contribution in [0.1, 0.15) is 4.88 Å². The largest absolute Gasteiger partial charge is 0.497 e. The minimum atomic E-state index is 0.690. The van der Waals surface area contributed by atoms with E-state index in [1.165, 1.54) is 0 Å². The van der Waals surface area contributed by atoms with E-state index in [0.717, 1.165) is 32.7 Å². The Morgan fingerprint density at radius 1 is 0.920 bits per heavy atom. The summed E-state index contributed by atoms with van der Waals surface area (Å²) in [7, 11) is 4.91. The molecule has 0 amide bonds. The van der Waals surface area contributed by atoms with Gasteiger partial charge in [-0.2, -0.15) is 0 Å². The Morgan fingerprint density at radius 2 is 1.72 bits per heavy atom. The second-order valence-corrected chi connectivity index (χ2v) is 6.55. The van der Waals surface area contributed by atoms with Crippen LogP contribution < -0.4 is 19.5 Å². The lowest BCUT2D eigenvalue weighted by Crippen LogP contribution is -1.92. The van der Waals surface area contributed by atoms with Crippen LogP contribution in [-0.2, 0) is 0 Å². The molecule has 0 aliphatic rings. The van der Waals surface area contributed by atoms with Gasteiger partial charge in [0, 0.05) is 22.2 Å².